The molecule has 120 valence electrons. The Morgan fingerprint density at radius 3 is 1.17 bits per heavy atom. The maximum absolute atomic E-state index is 4.55. The van der Waals surface area contributed by atoms with E-state index in [1.807, 2.05) is 14.1 Å². The van der Waals surface area contributed by atoms with Crippen LogP contribution in [0.3, 0.4) is 0 Å². The number of benzene rings is 2. The Bertz CT molecular complexity index is 786. The van der Waals surface area contributed by atoms with Crippen LogP contribution in [0, 0.1) is 13.8 Å². The van der Waals surface area contributed by atoms with Crippen LogP contribution in [0.4, 0.5) is 0 Å². The van der Waals surface area contributed by atoms with Crippen molar-refractivity contribution in [2.24, 2.45) is 9.98 Å². The van der Waals surface area contributed by atoms with Gasteiger partial charge < -0.3 is 0 Å². The maximum atomic E-state index is 4.55. The molecule has 0 unspecified atom stereocenters. The molecule has 2 nitrogen and oxygen atoms in total. The standard InChI is InChI=1S/C22H22N2/c1-15-5-9-17(10-6-15)19-13-14-20(22(24-4)21(19)23-3)18-11-7-16(2)8-12-18/h5-14H,1-4H3. The van der Waals surface area contributed by atoms with Gasteiger partial charge >= 0.3 is 0 Å². The van der Waals surface area contributed by atoms with Crippen LogP contribution in [-0.2, 0) is 0 Å². The molecule has 2 aromatic rings. The summed E-state index contributed by atoms with van der Waals surface area (Å²) in [5.74, 6) is 0. The largest absolute Gasteiger partial charge is 0.286 e. The molecule has 0 N–H and O–H groups in total. The van der Waals surface area contributed by atoms with E-state index in [0.29, 0.717) is 0 Å². The first-order chi connectivity index (χ1) is 11.6. The summed E-state index contributed by atoms with van der Waals surface area (Å²) in [6, 6.07) is 17.1. The van der Waals surface area contributed by atoms with Gasteiger partial charge in [0.05, 0.1) is 11.4 Å². The third kappa shape index (κ3) is 3.00. The number of rotatable bonds is 2. The van der Waals surface area contributed by atoms with Crippen LogP contribution in [0.5, 0.6) is 0 Å². The highest BCUT2D eigenvalue weighted by atomic mass is 14.8. The van der Waals surface area contributed by atoms with Gasteiger partial charge in [-0.3, -0.25) is 9.98 Å². The lowest BCUT2D eigenvalue weighted by Crippen LogP contribution is -2.21. The van der Waals surface area contributed by atoms with Gasteiger partial charge in [-0.25, -0.2) is 0 Å². The second kappa shape index (κ2) is 6.79. The molecule has 0 spiro atoms. The Morgan fingerprint density at radius 2 is 0.875 bits per heavy atom. The van der Waals surface area contributed by atoms with E-state index in [4.69, 9.17) is 0 Å². The summed E-state index contributed by atoms with van der Waals surface area (Å²) in [6.45, 7) is 4.20. The Kier molecular flexibility index (Phi) is 4.57. The van der Waals surface area contributed by atoms with Crippen molar-refractivity contribution in [3.8, 4) is 0 Å². The van der Waals surface area contributed by atoms with Crippen LogP contribution in [0.2, 0.25) is 0 Å². The van der Waals surface area contributed by atoms with Crippen LogP contribution in [-0.4, -0.2) is 25.5 Å². The summed E-state index contributed by atoms with van der Waals surface area (Å²) in [4.78, 5) is 9.10. The van der Waals surface area contributed by atoms with Crippen molar-refractivity contribution < 1.29 is 0 Å². The Labute approximate surface area is 144 Å². The van der Waals surface area contributed by atoms with E-state index in [1.54, 1.807) is 0 Å². The Hall–Kier alpha value is -2.74. The van der Waals surface area contributed by atoms with E-state index in [0.717, 1.165) is 22.6 Å². The van der Waals surface area contributed by atoms with E-state index < -0.39 is 0 Å². The second-order valence-electron chi connectivity index (χ2n) is 6.04. The van der Waals surface area contributed by atoms with Gasteiger partial charge in [0.1, 0.15) is 0 Å². The topological polar surface area (TPSA) is 24.7 Å². The van der Waals surface area contributed by atoms with Gasteiger partial charge in [0, 0.05) is 25.2 Å². The van der Waals surface area contributed by atoms with E-state index in [1.165, 1.54) is 22.3 Å². The summed E-state index contributed by atoms with van der Waals surface area (Å²) >= 11 is 0. The third-order valence-electron chi connectivity index (χ3n) is 4.32. The summed E-state index contributed by atoms with van der Waals surface area (Å²) in [6.07, 6.45) is 4.30. The predicted molar refractivity (Wildman–Crippen MR) is 105 cm³/mol. The summed E-state index contributed by atoms with van der Waals surface area (Å²) in [5, 5.41) is 0. The number of nitrogens with zero attached hydrogens (tertiary/aromatic N) is 2. The first kappa shape index (κ1) is 16.1. The second-order valence-corrected chi connectivity index (χ2v) is 6.04. The summed E-state index contributed by atoms with van der Waals surface area (Å²) in [7, 11) is 3.67. The molecule has 0 aliphatic heterocycles. The van der Waals surface area contributed by atoms with Gasteiger partial charge in [0.2, 0.25) is 0 Å². The van der Waals surface area contributed by atoms with Crippen LogP contribution < -0.4 is 0 Å². The van der Waals surface area contributed by atoms with Crippen LogP contribution in [0.1, 0.15) is 22.3 Å². The summed E-state index contributed by atoms with van der Waals surface area (Å²) < 4.78 is 0. The molecular weight excluding hydrogens is 292 g/mol. The molecule has 0 amide bonds. The summed E-state index contributed by atoms with van der Waals surface area (Å²) in [5.41, 5.74) is 8.97. The molecule has 2 heteroatoms. The molecule has 0 saturated heterocycles. The minimum atomic E-state index is 0.944. The highest BCUT2D eigenvalue weighted by Gasteiger charge is 2.22. The Balaban J connectivity index is 2.12. The van der Waals surface area contributed by atoms with E-state index >= 15 is 0 Å². The molecule has 0 aromatic heterocycles. The zero-order valence-corrected chi connectivity index (χ0v) is 14.7. The third-order valence-corrected chi connectivity index (χ3v) is 4.32. The number of aliphatic imine (C=N–C) groups is 2. The van der Waals surface area contributed by atoms with E-state index in [2.05, 4.69) is 84.5 Å². The molecule has 0 fully saturated rings. The van der Waals surface area contributed by atoms with Gasteiger partial charge in [-0.2, -0.15) is 0 Å². The number of aryl methyl sites for hydroxylation is 2. The molecule has 2 aromatic carbocycles. The average molecular weight is 314 g/mol. The molecule has 1 aliphatic carbocycles. The van der Waals surface area contributed by atoms with Gasteiger partial charge in [0.15, 0.2) is 0 Å². The number of hydrogen-bond acceptors (Lipinski definition) is 2. The molecule has 0 heterocycles. The van der Waals surface area contributed by atoms with Crippen molar-refractivity contribution in [3.05, 3.63) is 82.9 Å². The first-order valence-electron chi connectivity index (χ1n) is 8.15. The lowest BCUT2D eigenvalue weighted by atomic mass is 9.86. The Morgan fingerprint density at radius 1 is 0.542 bits per heavy atom. The van der Waals surface area contributed by atoms with Gasteiger partial charge in [-0.05, 0) is 25.0 Å². The average Bonchev–Trinajstić information content (AvgIpc) is 2.62. The lowest BCUT2D eigenvalue weighted by Gasteiger charge is -2.20. The normalized spacial score (nSPS) is 17.8. The zero-order chi connectivity index (χ0) is 17.1. The van der Waals surface area contributed by atoms with Crippen LogP contribution in [0.25, 0.3) is 11.1 Å². The van der Waals surface area contributed by atoms with Gasteiger partial charge in [-0.1, -0.05) is 71.8 Å². The first-order valence-corrected chi connectivity index (χ1v) is 8.15. The van der Waals surface area contributed by atoms with E-state index in [-0.39, 0.29) is 0 Å². The highest BCUT2D eigenvalue weighted by molar-refractivity contribution is 6.69. The lowest BCUT2D eigenvalue weighted by molar-refractivity contribution is 1.41. The number of hydrogen-bond donors (Lipinski definition) is 0. The molecule has 0 saturated carbocycles. The van der Waals surface area contributed by atoms with Crippen LogP contribution >= 0.6 is 0 Å². The van der Waals surface area contributed by atoms with Crippen molar-refractivity contribution in [3.63, 3.8) is 0 Å². The quantitative estimate of drug-likeness (QED) is 0.703. The molecule has 24 heavy (non-hydrogen) atoms. The van der Waals surface area contributed by atoms with Crippen molar-refractivity contribution in [2.45, 2.75) is 13.8 Å². The maximum Gasteiger partial charge on any atom is 0.0907 e. The van der Waals surface area contributed by atoms with Crippen molar-refractivity contribution in [1.82, 2.24) is 0 Å². The fraction of sp³-hybridized carbons (Fsp3) is 0.182. The monoisotopic (exact) mass is 314 g/mol. The van der Waals surface area contributed by atoms with Crippen molar-refractivity contribution >= 4 is 22.6 Å². The van der Waals surface area contributed by atoms with Gasteiger partial charge in [-0.15, -0.1) is 0 Å². The highest BCUT2D eigenvalue weighted by Crippen LogP contribution is 2.29. The number of allylic oxidation sites excluding steroid dienone is 4. The smallest absolute Gasteiger partial charge is 0.0907 e. The van der Waals surface area contributed by atoms with Gasteiger partial charge in [0.25, 0.3) is 0 Å². The fourth-order valence-electron chi connectivity index (χ4n) is 2.96. The zero-order valence-electron chi connectivity index (χ0n) is 14.7. The molecule has 0 bridgehead atoms. The van der Waals surface area contributed by atoms with Crippen molar-refractivity contribution in [1.29, 1.82) is 0 Å². The van der Waals surface area contributed by atoms with Crippen molar-refractivity contribution in [2.75, 3.05) is 14.1 Å². The fourth-order valence-corrected chi connectivity index (χ4v) is 2.96. The molecule has 0 radical (unpaired) electrons. The molecule has 1 aliphatic rings. The van der Waals surface area contributed by atoms with Crippen LogP contribution in [0.15, 0.2) is 70.7 Å². The molecular formula is C22H22N2. The predicted octanol–water partition coefficient (Wildman–Crippen LogP) is 4.93. The molecule has 3 rings (SSSR count). The molecule has 0 atom stereocenters. The SMILES string of the molecule is CN=C1C(c2ccc(C)cc2)=CC=C(c2ccc(C)cc2)C1=NC. The minimum Gasteiger partial charge on any atom is -0.286 e. The van der Waals surface area contributed by atoms with E-state index in [9.17, 15) is 0 Å². The minimum absolute atomic E-state index is 0.944.